The van der Waals surface area contributed by atoms with Gasteiger partial charge in [0.1, 0.15) is 5.75 Å². The van der Waals surface area contributed by atoms with Crippen LogP contribution in [0, 0.1) is 11.7 Å². The lowest BCUT2D eigenvalue weighted by Gasteiger charge is -2.44. The number of hydrogen-bond donors (Lipinski definition) is 1. The Morgan fingerprint density at radius 1 is 1.08 bits per heavy atom. The summed E-state index contributed by atoms with van der Waals surface area (Å²) in [4.78, 5) is 24.8. The smallest absolute Gasteiger partial charge is 0.346 e. The van der Waals surface area contributed by atoms with Gasteiger partial charge in [0.15, 0.2) is 17.7 Å². The SMILES string of the molecule is CC(=O)O[C@H](Cc1ccc(F)c(Oc2ccccc2)c1)[C@](F)(C(=O)O)[C@](C)(c1ccc(Cl)cc1)C1CC1. The van der Waals surface area contributed by atoms with Gasteiger partial charge in [-0.2, -0.15) is 0 Å². The lowest BCUT2D eigenvalue weighted by molar-refractivity contribution is -0.181. The molecular formula is C29H27ClF2O5. The quantitative estimate of drug-likeness (QED) is 0.290. The highest BCUT2D eigenvalue weighted by Crippen LogP contribution is 2.56. The van der Waals surface area contributed by atoms with Gasteiger partial charge in [-0.05, 0) is 66.3 Å². The van der Waals surface area contributed by atoms with Crippen molar-refractivity contribution in [2.75, 3.05) is 0 Å². The number of ether oxygens (including phenoxy) is 2. The van der Waals surface area contributed by atoms with E-state index in [1.54, 1.807) is 61.5 Å². The number of benzene rings is 3. The summed E-state index contributed by atoms with van der Waals surface area (Å²) in [6.07, 6.45) is -0.782. The lowest BCUT2D eigenvalue weighted by atomic mass is 9.63. The van der Waals surface area contributed by atoms with Crippen LogP contribution in [0.1, 0.15) is 37.8 Å². The third kappa shape index (κ3) is 5.32. The molecule has 0 saturated heterocycles. The van der Waals surface area contributed by atoms with Gasteiger partial charge >= 0.3 is 11.9 Å². The van der Waals surface area contributed by atoms with Crippen molar-refractivity contribution in [3.8, 4) is 11.5 Å². The first-order valence-electron chi connectivity index (χ1n) is 11.9. The summed E-state index contributed by atoms with van der Waals surface area (Å²) >= 11 is 6.04. The average molecular weight is 529 g/mol. The largest absolute Gasteiger partial charge is 0.479 e. The molecule has 1 aliphatic rings. The van der Waals surface area contributed by atoms with E-state index in [1.807, 2.05) is 0 Å². The molecule has 0 heterocycles. The molecule has 3 aromatic rings. The van der Waals surface area contributed by atoms with E-state index in [9.17, 15) is 19.1 Å². The topological polar surface area (TPSA) is 72.8 Å². The monoisotopic (exact) mass is 528 g/mol. The first kappa shape index (κ1) is 26.6. The Hall–Kier alpha value is -3.45. The minimum absolute atomic E-state index is 0.118. The molecule has 194 valence electrons. The van der Waals surface area contributed by atoms with Crippen molar-refractivity contribution < 1.29 is 33.0 Å². The van der Waals surface area contributed by atoms with Gasteiger partial charge in [0.05, 0.1) is 0 Å². The average Bonchev–Trinajstić information content (AvgIpc) is 3.71. The van der Waals surface area contributed by atoms with Crippen molar-refractivity contribution in [3.05, 3.63) is 94.8 Å². The van der Waals surface area contributed by atoms with E-state index in [4.69, 9.17) is 21.1 Å². The van der Waals surface area contributed by atoms with E-state index in [1.165, 1.54) is 12.1 Å². The van der Waals surface area contributed by atoms with Crippen LogP contribution in [0.15, 0.2) is 72.8 Å². The highest BCUT2D eigenvalue weighted by Gasteiger charge is 2.67. The van der Waals surface area contributed by atoms with E-state index in [2.05, 4.69) is 0 Å². The zero-order valence-electron chi connectivity index (χ0n) is 20.4. The number of carbonyl (C=O) groups is 2. The molecule has 0 amide bonds. The molecule has 1 N–H and O–H groups in total. The summed E-state index contributed by atoms with van der Waals surface area (Å²) in [7, 11) is 0. The molecule has 0 aromatic heterocycles. The van der Waals surface area contributed by atoms with Gasteiger partial charge in [0.25, 0.3) is 5.67 Å². The van der Waals surface area contributed by atoms with Gasteiger partial charge in [0, 0.05) is 23.8 Å². The second-order valence-electron chi connectivity index (χ2n) is 9.48. The van der Waals surface area contributed by atoms with Crippen LogP contribution in [0.3, 0.4) is 0 Å². The molecule has 3 atom stereocenters. The van der Waals surface area contributed by atoms with Crippen molar-refractivity contribution >= 4 is 23.5 Å². The predicted molar refractivity (Wildman–Crippen MR) is 135 cm³/mol. The first-order chi connectivity index (χ1) is 17.6. The van der Waals surface area contributed by atoms with Crippen LogP contribution in [0.2, 0.25) is 5.02 Å². The van der Waals surface area contributed by atoms with Crippen LogP contribution in [0.4, 0.5) is 8.78 Å². The van der Waals surface area contributed by atoms with Crippen LogP contribution in [-0.4, -0.2) is 28.8 Å². The fourth-order valence-corrected chi connectivity index (χ4v) is 5.07. The van der Waals surface area contributed by atoms with E-state index in [0.29, 0.717) is 34.7 Å². The lowest BCUT2D eigenvalue weighted by Crippen LogP contribution is -2.62. The van der Waals surface area contributed by atoms with Crippen molar-refractivity contribution in [3.63, 3.8) is 0 Å². The van der Waals surface area contributed by atoms with Gasteiger partial charge in [-0.1, -0.05) is 54.9 Å². The number of carbonyl (C=O) groups excluding carboxylic acids is 1. The summed E-state index contributed by atoms with van der Waals surface area (Å²) in [5.74, 6) is -3.24. The molecule has 37 heavy (non-hydrogen) atoms. The Bertz CT molecular complexity index is 1280. The van der Waals surface area contributed by atoms with E-state index < -0.39 is 34.9 Å². The molecule has 0 bridgehead atoms. The summed E-state index contributed by atoms with van der Waals surface area (Å²) in [5, 5.41) is 10.8. The minimum atomic E-state index is -3.01. The Labute approximate surface area is 219 Å². The zero-order chi connectivity index (χ0) is 26.8. The third-order valence-electron chi connectivity index (χ3n) is 7.04. The Balaban J connectivity index is 1.76. The van der Waals surface area contributed by atoms with Crippen molar-refractivity contribution in [1.29, 1.82) is 0 Å². The van der Waals surface area contributed by atoms with Gasteiger partial charge in [-0.15, -0.1) is 0 Å². The van der Waals surface area contributed by atoms with Crippen LogP contribution in [-0.2, 0) is 26.2 Å². The Morgan fingerprint density at radius 2 is 1.73 bits per heavy atom. The van der Waals surface area contributed by atoms with Gasteiger partial charge in [-0.3, -0.25) is 4.79 Å². The summed E-state index contributed by atoms with van der Waals surface area (Å²) in [5.41, 5.74) is -3.76. The summed E-state index contributed by atoms with van der Waals surface area (Å²) in [6.45, 7) is 2.65. The fraction of sp³-hybridized carbons (Fsp3) is 0.310. The molecule has 0 radical (unpaired) electrons. The number of carboxylic acid groups (broad SMARTS) is 1. The molecule has 1 saturated carbocycles. The summed E-state index contributed by atoms with van der Waals surface area (Å²) in [6, 6.07) is 18.8. The maximum absolute atomic E-state index is 17.3. The van der Waals surface area contributed by atoms with Gasteiger partial charge < -0.3 is 14.6 Å². The molecule has 3 aromatic carbocycles. The zero-order valence-corrected chi connectivity index (χ0v) is 21.2. The molecule has 8 heteroatoms. The molecule has 1 aliphatic carbocycles. The molecule has 4 rings (SSSR count). The standard InChI is InChI=1S/C29H27ClF2O5/c1-18(33)36-26(17-19-8-15-24(31)25(16-19)37-23-6-4-3-5-7-23)29(32,27(34)35)28(2,20-9-10-20)21-11-13-22(30)14-12-21/h3-8,11-16,20,26H,9-10,17H2,1-2H3,(H,34,35)/t26-,28+,29+/m1/s1. The molecule has 1 fully saturated rings. The van der Waals surface area contributed by atoms with Crippen LogP contribution < -0.4 is 4.74 Å². The van der Waals surface area contributed by atoms with Crippen molar-refractivity contribution in [2.45, 2.75) is 50.3 Å². The van der Waals surface area contributed by atoms with E-state index in [-0.39, 0.29) is 18.1 Å². The van der Waals surface area contributed by atoms with Gasteiger partial charge in [-0.25, -0.2) is 13.6 Å². The van der Waals surface area contributed by atoms with Crippen molar-refractivity contribution in [2.24, 2.45) is 5.92 Å². The molecule has 0 aliphatic heterocycles. The second-order valence-corrected chi connectivity index (χ2v) is 9.92. The van der Waals surface area contributed by atoms with Gasteiger partial charge in [0.2, 0.25) is 0 Å². The molecule has 0 unspecified atom stereocenters. The number of rotatable bonds is 10. The van der Waals surface area contributed by atoms with Crippen LogP contribution in [0.25, 0.3) is 0 Å². The molecule has 0 spiro atoms. The Kier molecular flexibility index (Phi) is 7.55. The van der Waals surface area contributed by atoms with Crippen molar-refractivity contribution in [1.82, 2.24) is 0 Å². The number of esters is 1. The first-order valence-corrected chi connectivity index (χ1v) is 12.3. The molecular weight excluding hydrogens is 502 g/mol. The maximum Gasteiger partial charge on any atom is 0.346 e. The highest BCUT2D eigenvalue weighted by molar-refractivity contribution is 6.30. The Morgan fingerprint density at radius 3 is 2.30 bits per heavy atom. The normalized spacial score (nSPS) is 17.2. The molecule has 5 nitrogen and oxygen atoms in total. The predicted octanol–water partition coefficient (Wildman–Crippen LogP) is 6.91. The highest BCUT2D eigenvalue weighted by atomic mass is 35.5. The maximum atomic E-state index is 17.3. The van der Waals surface area contributed by atoms with Crippen LogP contribution in [0.5, 0.6) is 11.5 Å². The van der Waals surface area contributed by atoms with Crippen LogP contribution >= 0.6 is 11.6 Å². The summed E-state index contributed by atoms with van der Waals surface area (Å²) < 4.78 is 42.8. The minimum Gasteiger partial charge on any atom is -0.479 e. The number of hydrogen-bond acceptors (Lipinski definition) is 4. The number of aliphatic carboxylic acids is 1. The second kappa shape index (κ2) is 10.5. The number of alkyl halides is 1. The number of para-hydroxylation sites is 1. The number of halogens is 3. The fourth-order valence-electron chi connectivity index (χ4n) is 4.94. The van der Waals surface area contributed by atoms with E-state index >= 15 is 4.39 Å². The number of carboxylic acids is 1. The van der Waals surface area contributed by atoms with E-state index in [0.717, 1.165) is 13.0 Å². The third-order valence-corrected chi connectivity index (χ3v) is 7.30.